The average molecular weight is 256 g/mol. The number of aromatic carboxylic acids is 1. The predicted octanol–water partition coefficient (Wildman–Crippen LogP) is 2.62. The lowest BCUT2D eigenvalue weighted by Crippen LogP contribution is -2.09. The molecule has 0 atom stereocenters. The van der Waals surface area contributed by atoms with E-state index in [1.54, 1.807) is 36.4 Å². The minimum atomic E-state index is -1.11. The van der Waals surface area contributed by atoms with E-state index in [-0.39, 0.29) is 16.9 Å². The molecule has 0 aliphatic rings. The Morgan fingerprint density at radius 1 is 0.947 bits per heavy atom. The van der Waals surface area contributed by atoms with Gasteiger partial charge in [0, 0.05) is 11.1 Å². The van der Waals surface area contributed by atoms with Gasteiger partial charge in [0.1, 0.15) is 5.75 Å². The van der Waals surface area contributed by atoms with E-state index in [1.807, 2.05) is 0 Å². The molecule has 0 bridgehead atoms. The van der Waals surface area contributed by atoms with Crippen LogP contribution in [0.3, 0.4) is 0 Å². The lowest BCUT2D eigenvalue weighted by atomic mass is 9.98. The second kappa shape index (κ2) is 5.35. The first-order chi connectivity index (χ1) is 9.13. The third-order valence-electron chi connectivity index (χ3n) is 2.75. The van der Waals surface area contributed by atoms with E-state index in [2.05, 4.69) is 0 Å². The Bertz CT molecular complexity index is 614. The van der Waals surface area contributed by atoms with E-state index >= 15 is 0 Å². The van der Waals surface area contributed by atoms with Gasteiger partial charge in [0.05, 0.1) is 12.7 Å². The summed E-state index contributed by atoms with van der Waals surface area (Å²) in [4.78, 5) is 23.4. The molecule has 0 saturated heterocycles. The number of benzene rings is 2. The van der Waals surface area contributed by atoms with Gasteiger partial charge in [-0.3, -0.25) is 4.79 Å². The maximum Gasteiger partial charge on any atom is 0.336 e. The first-order valence-corrected chi connectivity index (χ1v) is 5.64. The Balaban J connectivity index is 2.41. The summed E-state index contributed by atoms with van der Waals surface area (Å²) in [5, 5.41) is 9.07. The number of carbonyl (C=O) groups excluding carboxylic acids is 1. The molecule has 0 amide bonds. The molecule has 0 saturated carbocycles. The molecule has 0 unspecified atom stereocenters. The Kier molecular flexibility index (Phi) is 3.61. The van der Waals surface area contributed by atoms with Gasteiger partial charge in [-0.1, -0.05) is 18.2 Å². The maximum atomic E-state index is 12.3. The van der Waals surface area contributed by atoms with Crippen LogP contribution in [0, 0.1) is 0 Å². The highest BCUT2D eigenvalue weighted by molar-refractivity contribution is 6.14. The van der Waals surface area contributed by atoms with Crippen LogP contribution >= 0.6 is 0 Å². The van der Waals surface area contributed by atoms with Crippen LogP contribution in [-0.2, 0) is 0 Å². The van der Waals surface area contributed by atoms with E-state index < -0.39 is 5.97 Å². The summed E-state index contributed by atoms with van der Waals surface area (Å²) in [5.74, 6) is -0.791. The number of hydrogen-bond acceptors (Lipinski definition) is 3. The van der Waals surface area contributed by atoms with Gasteiger partial charge in [-0.15, -0.1) is 0 Å². The lowest BCUT2D eigenvalue weighted by Gasteiger charge is -2.06. The van der Waals surface area contributed by atoms with Gasteiger partial charge in [0.15, 0.2) is 5.78 Å². The van der Waals surface area contributed by atoms with Crippen LogP contribution in [-0.4, -0.2) is 24.0 Å². The number of hydrogen-bond donors (Lipinski definition) is 1. The molecule has 0 aliphatic heterocycles. The molecule has 0 spiro atoms. The van der Waals surface area contributed by atoms with Gasteiger partial charge in [0.25, 0.3) is 0 Å². The zero-order valence-corrected chi connectivity index (χ0v) is 10.3. The van der Waals surface area contributed by atoms with Crippen molar-refractivity contribution in [1.29, 1.82) is 0 Å². The molecule has 19 heavy (non-hydrogen) atoms. The molecule has 0 aliphatic carbocycles. The van der Waals surface area contributed by atoms with Gasteiger partial charge in [0.2, 0.25) is 0 Å². The maximum absolute atomic E-state index is 12.3. The van der Waals surface area contributed by atoms with Crippen molar-refractivity contribution in [3.8, 4) is 5.75 Å². The molecule has 4 nitrogen and oxygen atoms in total. The molecule has 1 N–H and O–H groups in total. The summed E-state index contributed by atoms with van der Waals surface area (Å²) in [6.07, 6.45) is 0. The normalized spacial score (nSPS) is 9.95. The fraction of sp³-hybridized carbons (Fsp3) is 0.0667. The third kappa shape index (κ3) is 2.63. The summed E-state index contributed by atoms with van der Waals surface area (Å²) < 4.78 is 5.01. The number of carbonyl (C=O) groups is 2. The minimum absolute atomic E-state index is 0.00307. The smallest absolute Gasteiger partial charge is 0.336 e. The van der Waals surface area contributed by atoms with Crippen molar-refractivity contribution in [3.63, 3.8) is 0 Å². The van der Waals surface area contributed by atoms with Crippen LogP contribution in [0.4, 0.5) is 0 Å². The zero-order chi connectivity index (χ0) is 13.8. The first-order valence-electron chi connectivity index (χ1n) is 5.64. The highest BCUT2D eigenvalue weighted by Crippen LogP contribution is 2.17. The molecule has 0 fully saturated rings. The van der Waals surface area contributed by atoms with Crippen LogP contribution in [0.15, 0.2) is 48.5 Å². The number of ketones is 1. The zero-order valence-electron chi connectivity index (χ0n) is 10.3. The SMILES string of the molecule is COc1ccc(C(=O)c2ccccc2C(=O)O)cc1. The van der Waals surface area contributed by atoms with Gasteiger partial charge in [-0.2, -0.15) is 0 Å². The van der Waals surface area contributed by atoms with E-state index in [0.717, 1.165) is 0 Å². The van der Waals surface area contributed by atoms with E-state index in [0.29, 0.717) is 11.3 Å². The first kappa shape index (κ1) is 12.8. The Labute approximate surface area is 110 Å². The van der Waals surface area contributed by atoms with Crippen molar-refractivity contribution in [1.82, 2.24) is 0 Å². The fourth-order valence-corrected chi connectivity index (χ4v) is 1.77. The van der Waals surface area contributed by atoms with E-state index in [4.69, 9.17) is 9.84 Å². The summed E-state index contributed by atoms with van der Waals surface area (Å²) in [6, 6.07) is 12.7. The van der Waals surface area contributed by atoms with Crippen molar-refractivity contribution in [2.75, 3.05) is 7.11 Å². The standard InChI is InChI=1S/C15H12O4/c1-19-11-8-6-10(7-9-11)14(16)12-4-2-3-5-13(12)15(17)18/h2-9H,1H3,(H,17,18). The molecule has 4 heteroatoms. The lowest BCUT2D eigenvalue weighted by molar-refractivity contribution is 0.0693. The summed E-state index contributed by atoms with van der Waals surface area (Å²) >= 11 is 0. The number of methoxy groups -OCH3 is 1. The fourth-order valence-electron chi connectivity index (χ4n) is 1.77. The predicted molar refractivity (Wildman–Crippen MR) is 69.8 cm³/mol. The molecule has 2 rings (SSSR count). The largest absolute Gasteiger partial charge is 0.497 e. The van der Waals surface area contributed by atoms with Crippen LogP contribution in [0.1, 0.15) is 26.3 Å². The van der Waals surface area contributed by atoms with Crippen LogP contribution in [0.25, 0.3) is 0 Å². The van der Waals surface area contributed by atoms with Gasteiger partial charge < -0.3 is 9.84 Å². The summed E-state index contributed by atoms with van der Waals surface area (Å²) in [5.41, 5.74) is 0.609. The summed E-state index contributed by atoms with van der Waals surface area (Å²) in [6.45, 7) is 0. The van der Waals surface area contributed by atoms with Crippen molar-refractivity contribution in [2.24, 2.45) is 0 Å². The number of carboxylic acids is 1. The number of carboxylic acid groups (broad SMARTS) is 1. The number of rotatable bonds is 4. The van der Waals surface area contributed by atoms with Crippen LogP contribution in [0.2, 0.25) is 0 Å². The average Bonchev–Trinajstić information content (AvgIpc) is 2.46. The molecule has 2 aromatic rings. The van der Waals surface area contributed by atoms with Gasteiger partial charge in [-0.05, 0) is 30.3 Å². The van der Waals surface area contributed by atoms with Crippen LogP contribution in [0.5, 0.6) is 5.75 Å². The second-order valence-electron chi connectivity index (χ2n) is 3.91. The molecule has 96 valence electrons. The Hall–Kier alpha value is -2.62. The van der Waals surface area contributed by atoms with Crippen molar-refractivity contribution >= 4 is 11.8 Å². The quantitative estimate of drug-likeness (QED) is 0.854. The van der Waals surface area contributed by atoms with Crippen molar-refractivity contribution in [2.45, 2.75) is 0 Å². The third-order valence-corrected chi connectivity index (χ3v) is 2.75. The molecule has 0 radical (unpaired) electrons. The Morgan fingerprint density at radius 2 is 1.53 bits per heavy atom. The second-order valence-corrected chi connectivity index (χ2v) is 3.91. The molecule has 0 aromatic heterocycles. The van der Waals surface area contributed by atoms with Crippen LogP contribution < -0.4 is 4.74 Å². The monoisotopic (exact) mass is 256 g/mol. The summed E-state index contributed by atoms with van der Waals surface area (Å²) in [7, 11) is 1.54. The minimum Gasteiger partial charge on any atom is -0.497 e. The highest BCUT2D eigenvalue weighted by atomic mass is 16.5. The highest BCUT2D eigenvalue weighted by Gasteiger charge is 2.17. The molecular formula is C15H12O4. The Morgan fingerprint density at radius 3 is 2.05 bits per heavy atom. The van der Waals surface area contributed by atoms with Gasteiger partial charge in [-0.25, -0.2) is 4.79 Å². The van der Waals surface area contributed by atoms with Gasteiger partial charge >= 0.3 is 5.97 Å². The topological polar surface area (TPSA) is 63.6 Å². The molecular weight excluding hydrogens is 244 g/mol. The number of ether oxygens (including phenoxy) is 1. The molecule has 2 aromatic carbocycles. The van der Waals surface area contributed by atoms with E-state index in [9.17, 15) is 9.59 Å². The van der Waals surface area contributed by atoms with E-state index in [1.165, 1.54) is 19.2 Å². The molecule has 0 heterocycles. The van der Waals surface area contributed by atoms with Crippen molar-refractivity contribution in [3.05, 3.63) is 65.2 Å². The van der Waals surface area contributed by atoms with Crippen molar-refractivity contribution < 1.29 is 19.4 Å².